The van der Waals surface area contributed by atoms with Gasteiger partial charge < -0.3 is 25.6 Å². The van der Waals surface area contributed by atoms with E-state index in [1.807, 2.05) is 13.8 Å². The van der Waals surface area contributed by atoms with Crippen LogP contribution in [0.5, 0.6) is 0 Å². The van der Waals surface area contributed by atoms with Crippen molar-refractivity contribution < 1.29 is 32.8 Å². The molecule has 0 spiro atoms. The number of nitrogens with one attached hydrogen (secondary N) is 2. The summed E-state index contributed by atoms with van der Waals surface area (Å²) in [6.07, 6.45) is 0.695. The first-order chi connectivity index (χ1) is 13.1. The number of halogens is 3. The molecule has 2 rings (SSSR count). The molecule has 1 heterocycles. The summed E-state index contributed by atoms with van der Waals surface area (Å²) in [5, 5.41) is 23.4. The molecule has 0 saturated carbocycles. The van der Waals surface area contributed by atoms with E-state index >= 15 is 0 Å². The molecule has 0 radical (unpaired) electrons. The smallest absolute Gasteiger partial charge is 0.426 e. The lowest BCUT2D eigenvalue weighted by Crippen LogP contribution is -2.58. The average Bonchev–Trinajstić information content (AvgIpc) is 2.55. The third-order valence-corrected chi connectivity index (χ3v) is 4.48. The standard InChI is InChI=1S/C17H23BF3N3O4/c1-9(2)5-15(18(27)28)23-16(25)8-22-17(26)13-3-4-24(13)14-7-11(20)10(19)6-12(14)21/h6-7,9,13,15,27-28H,3-5,8H2,1-2H3,(H,22,26)(H,23,25)/t13-,15+/m0/s1. The molecular formula is C17H23BF3N3O4. The van der Waals surface area contributed by atoms with Crippen LogP contribution in [-0.2, 0) is 9.59 Å². The molecule has 154 valence electrons. The lowest BCUT2D eigenvalue weighted by Gasteiger charge is -2.41. The van der Waals surface area contributed by atoms with E-state index in [0.717, 1.165) is 0 Å². The van der Waals surface area contributed by atoms with E-state index in [9.17, 15) is 32.8 Å². The van der Waals surface area contributed by atoms with E-state index in [2.05, 4.69) is 10.6 Å². The van der Waals surface area contributed by atoms with Crippen LogP contribution in [0.4, 0.5) is 18.9 Å². The van der Waals surface area contributed by atoms with Gasteiger partial charge in [0.15, 0.2) is 11.6 Å². The van der Waals surface area contributed by atoms with Gasteiger partial charge in [-0.15, -0.1) is 0 Å². The van der Waals surface area contributed by atoms with Gasteiger partial charge in [0.2, 0.25) is 11.8 Å². The van der Waals surface area contributed by atoms with E-state index < -0.39 is 54.9 Å². The normalized spacial score (nSPS) is 17.1. The molecule has 2 amide bonds. The molecule has 2 atom stereocenters. The van der Waals surface area contributed by atoms with Gasteiger partial charge in [-0.2, -0.15) is 0 Å². The molecule has 1 aromatic rings. The van der Waals surface area contributed by atoms with Gasteiger partial charge in [0.25, 0.3) is 0 Å². The number of anilines is 1. The van der Waals surface area contributed by atoms with Gasteiger partial charge in [0.1, 0.15) is 11.9 Å². The first-order valence-corrected chi connectivity index (χ1v) is 8.94. The topological polar surface area (TPSA) is 102 Å². The third-order valence-electron chi connectivity index (χ3n) is 4.48. The molecule has 1 saturated heterocycles. The van der Waals surface area contributed by atoms with Gasteiger partial charge in [-0.05, 0) is 18.8 Å². The van der Waals surface area contributed by atoms with Crippen LogP contribution < -0.4 is 15.5 Å². The molecular weight excluding hydrogens is 378 g/mol. The molecule has 0 aromatic heterocycles. The first kappa shape index (κ1) is 22.0. The predicted molar refractivity (Wildman–Crippen MR) is 96.7 cm³/mol. The minimum absolute atomic E-state index is 0.108. The molecule has 11 heteroatoms. The Bertz CT molecular complexity index is 736. The summed E-state index contributed by atoms with van der Waals surface area (Å²) in [4.78, 5) is 25.5. The first-order valence-electron chi connectivity index (χ1n) is 8.94. The van der Waals surface area contributed by atoms with Crippen molar-refractivity contribution in [3.8, 4) is 0 Å². The summed E-state index contributed by atoms with van der Waals surface area (Å²) >= 11 is 0. The maximum Gasteiger partial charge on any atom is 0.475 e. The zero-order chi connectivity index (χ0) is 21.0. The minimum atomic E-state index is -1.74. The highest BCUT2D eigenvalue weighted by molar-refractivity contribution is 6.43. The molecule has 0 bridgehead atoms. The molecule has 0 aliphatic carbocycles. The number of benzene rings is 1. The van der Waals surface area contributed by atoms with Gasteiger partial charge in [-0.1, -0.05) is 13.8 Å². The van der Waals surface area contributed by atoms with Gasteiger partial charge in [-0.3, -0.25) is 9.59 Å². The molecule has 1 fully saturated rings. The lowest BCUT2D eigenvalue weighted by atomic mass is 9.75. The maximum atomic E-state index is 13.9. The summed E-state index contributed by atoms with van der Waals surface area (Å²) in [5.41, 5.74) is -0.227. The van der Waals surface area contributed by atoms with Crippen molar-refractivity contribution in [1.82, 2.24) is 10.6 Å². The van der Waals surface area contributed by atoms with Crippen LogP contribution in [0, 0.1) is 23.4 Å². The molecule has 1 aliphatic rings. The number of hydrogen-bond donors (Lipinski definition) is 4. The van der Waals surface area contributed by atoms with Crippen LogP contribution in [0.1, 0.15) is 26.7 Å². The summed E-state index contributed by atoms with van der Waals surface area (Å²) in [6, 6.07) is 0.290. The fourth-order valence-electron chi connectivity index (χ4n) is 2.99. The summed E-state index contributed by atoms with van der Waals surface area (Å²) in [5.74, 6) is -5.48. The maximum absolute atomic E-state index is 13.9. The summed E-state index contributed by atoms with van der Waals surface area (Å²) in [6.45, 7) is 3.57. The van der Waals surface area contributed by atoms with Crippen molar-refractivity contribution in [3.63, 3.8) is 0 Å². The van der Waals surface area contributed by atoms with Crippen molar-refractivity contribution in [2.45, 2.75) is 38.7 Å². The monoisotopic (exact) mass is 401 g/mol. The van der Waals surface area contributed by atoms with Crippen LogP contribution in [0.3, 0.4) is 0 Å². The van der Waals surface area contributed by atoms with Gasteiger partial charge >= 0.3 is 7.12 Å². The Morgan fingerprint density at radius 3 is 2.39 bits per heavy atom. The summed E-state index contributed by atoms with van der Waals surface area (Å²) < 4.78 is 40.3. The summed E-state index contributed by atoms with van der Waals surface area (Å²) in [7, 11) is -1.74. The average molecular weight is 401 g/mol. The Kier molecular flexibility index (Phi) is 7.31. The van der Waals surface area contributed by atoms with Crippen LogP contribution in [0.25, 0.3) is 0 Å². The largest absolute Gasteiger partial charge is 0.475 e. The van der Waals surface area contributed by atoms with E-state index in [4.69, 9.17) is 0 Å². The van der Waals surface area contributed by atoms with Gasteiger partial charge in [0.05, 0.1) is 18.2 Å². The Morgan fingerprint density at radius 1 is 1.21 bits per heavy atom. The van der Waals surface area contributed by atoms with Crippen molar-refractivity contribution >= 4 is 24.6 Å². The fraction of sp³-hybridized carbons (Fsp3) is 0.529. The molecule has 4 N–H and O–H groups in total. The minimum Gasteiger partial charge on any atom is -0.426 e. The Labute approximate surface area is 161 Å². The van der Waals surface area contributed by atoms with Crippen molar-refractivity contribution in [2.24, 2.45) is 5.92 Å². The van der Waals surface area contributed by atoms with Crippen LogP contribution in [0.15, 0.2) is 12.1 Å². The van der Waals surface area contributed by atoms with Crippen molar-refractivity contribution in [3.05, 3.63) is 29.6 Å². The van der Waals surface area contributed by atoms with Crippen LogP contribution >= 0.6 is 0 Å². The van der Waals surface area contributed by atoms with E-state index in [1.165, 1.54) is 4.90 Å². The predicted octanol–water partition coefficient (Wildman–Crippen LogP) is 0.342. The molecule has 1 aliphatic heterocycles. The quantitative estimate of drug-likeness (QED) is 0.372. The lowest BCUT2D eigenvalue weighted by molar-refractivity contribution is -0.127. The highest BCUT2D eigenvalue weighted by Crippen LogP contribution is 2.30. The fourth-order valence-corrected chi connectivity index (χ4v) is 2.99. The van der Waals surface area contributed by atoms with E-state index in [1.54, 1.807) is 0 Å². The van der Waals surface area contributed by atoms with Gasteiger partial charge in [-0.25, -0.2) is 13.2 Å². The second-order valence-electron chi connectivity index (χ2n) is 7.15. The number of carbonyl (C=O) groups is 2. The van der Waals surface area contributed by atoms with Crippen molar-refractivity contribution in [1.29, 1.82) is 0 Å². The Morgan fingerprint density at radius 2 is 1.86 bits per heavy atom. The Hall–Kier alpha value is -2.27. The Balaban J connectivity index is 1.91. The van der Waals surface area contributed by atoms with E-state index in [-0.39, 0.29) is 18.2 Å². The van der Waals surface area contributed by atoms with Crippen LogP contribution in [0.2, 0.25) is 0 Å². The number of carbonyl (C=O) groups excluding carboxylic acids is 2. The van der Waals surface area contributed by atoms with Gasteiger partial charge in [0, 0.05) is 18.7 Å². The van der Waals surface area contributed by atoms with Crippen LogP contribution in [-0.4, -0.2) is 54.1 Å². The highest BCUT2D eigenvalue weighted by atomic mass is 19.2. The number of hydrogen-bond acceptors (Lipinski definition) is 5. The number of amides is 2. The second kappa shape index (κ2) is 9.29. The molecule has 28 heavy (non-hydrogen) atoms. The second-order valence-corrected chi connectivity index (χ2v) is 7.15. The zero-order valence-corrected chi connectivity index (χ0v) is 15.6. The van der Waals surface area contributed by atoms with Crippen molar-refractivity contribution in [2.75, 3.05) is 18.0 Å². The van der Waals surface area contributed by atoms with E-state index in [0.29, 0.717) is 25.0 Å². The molecule has 1 aromatic carbocycles. The molecule has 7 nitrogen and oxygen atoms in total. The zero-order valence-electron chi connectivity index (χ0n) is 15.6. The number of rotatable bonds is 8. The molecule has 0 unspecified atom stereocenters. The SMILES string of the molecule is CC(C)C[C@@H](NC(=O)CNC(=O)[C@@H]1CCN1c1cc(F)c(F)cc1F)B(O)O. The number of nitrogens with zero attached hydrogens (tertiary/aromatic N) is 1. The highest BCUT2D eigenvalue weighted by Gasteiger charge is 2.36. The third kappa shape index (κ3) is 5.38.